The summed E-state index contributed by atoms with van der Waals surface area (Å²) in [5.74, 6) is -0.280. The molecule has 94 valence electrons. The van der Waals surface area contributed by atoms with Crippen molar-refractivity contribution < 1.29 is 9.53 Å². The fourth-order valence-corrected chi connectivity index (χ4v) is 1.55. The number of aromatic nitrogens is 2. The monoisotopic (exact) mass is 245 g/mol. The van der Waals surface area contributed by atoms with Crippen molar-refractivity contribution in [3.05, 3.63) is 48.3 Å². The third kappa shape index (κ3) is 3.18. The summed E-state index contributed by atoms with van der Waals surface area (Å²) >= 11 is 0. The van der Waals surface area contributed by atoms with E-state index in [2.05, 4.69) is 15.2 Å². The zero-order valence-corrected chi connectivity index (χ0v) is 10.2. The normalized spacial score (nSPS) is 10.3. The summed E-state index contributed by atoms with van der Waals surface area (Å²) in [4.78, 5) is 10.9. The van der Waals surface area contributed by atoms with Gasteiger partial charge in [-0.15, -0.1) is 0 Å². The van der Waals surface area contributed by atoms with Crippen LogP contribution in [0.4, 0.5) is 0 Å². The molecule has 0 aliphatic carbocycles. The molecule has 0 unspecified atom stereocenters. The Morgan fingerprint density at radius 2 is 2.11 bits per heavy atom. The van der Waals surface area contributed by atoms with Gasteiger partial charge in [-0.2, -0.15) is 5.10 Å². The first-order valence-electron chi connectivity index (χ1n) is 5.67. The number of carbonyl (C=O) groups excluding carboxylic acids is 1. The highest BCUT2D eigenvalue weighted by Gasteiger charge is 2.02. The smallest absolute Gasteiger partial charge is 0.319 e. The maximum Gasteiger partial charge on any atom is 0.319 e. The minimum atomic E-state index is -0.280. The Balaban J connectivity index is 1.93. The molecule has 1 N–H and O–H groups in total. The number of hydrogen-bond donors (Lipinski definition) is 1. The van der Waals surface area contributed by atoms with E-state index in [1.54, 1.807) is 4.68 Å². The minimum Gasteiger partial charge on any atom is -0.468 e. The molecule has 0 saturated heterocycles. The Hall–Kier alpha value is -2.14. The molecule has 0 bridgehead atoms. The number of carbonyl (C=O) groups is 1. The van der Waals surface area contributed by atoms with Crippen LogP contribution in [0, 0.1) is 0 Å². The Labute approximate surface area is 105 Å². The predicted octanol–water partition coefficient (Wildman–Crippen LogP) is 1.13. The summed E-state index contributed by atoms with van der Waals surface area (Å²) in [6.45, 7) is 0.726. The fraction of sp³-hybridized carbons (Fsp3) is 0.231. The molecule has 0 amide bonds. The molecule has 0 atom stereocenters. The van der Waals surface area contributed by atoms with E-state index in [1.807, 2.05) is 42.6 Å². The van der Waals surface area contributed by atoms with Crippen LogP contribution in [0.1, 0.15) is 5.69 Å². The van der Waals surface area contributed by atoms with Crippen LogP contribution < -0.4 is 5.32 Å². The minimum absolute atomic E-state index is 0.189. The van der Waals surface area contributed by atoms with Crippen LogP contribution in [0.15, 0.2) is 42.6 Å². The summed E-state index contributed by atoms with van der Waals surface area (Å²) in [6.07, 6.45) is 1.89. The topological polar surface area (TPSA) is 56.1 Å². The number of rotatable bonds is 5. The lowest BCUT2D eigenvalue weighted by atomic mass is 10.3. The second-order valence-electron chi connectivity index (χ2n) is 3.77. The quantitative estimate of drug-likeness (QED) is 0.802. The van der Waals surface area contributed by atoms with Crippen molar-refractivity contribution in [3.63, 3.8) is 0 Å². The molecule has 0 spiro atoms. The van der Waals surface area contributed by atoms with Gasteiger partial charge in [0.2, 0.25) is 0 Å². The second-order valence-corrected chi connectivity index (χ2v) is 3.77. The zero-order valence-electron chi connectivity index (χ0n) is 10.2. The summed E-state index contributed by atoms with van der Waals surface area (Å²) < 4.78 is 6.34. The fourth-order valence-electron chi connectivity index (χ4n) is 1.55. The van der Waals surface area contributed by atoms with E-state index in [9.17, 15) is 4.79 Å². The lowest BCUT2D eigenvalue weighted by Gasteiger charge is -2.01. The predicted molar refractivity (Wildman–Crippen MR) is 67.3 cm³/mol. The van der Waals surface area contributed by atoms with Gasteiger partial charge in [-0.05, 0) is 18.2 Å². The lowest BCUT2D eigenvalue weighted by molar-refractivity contribution is -0.139. The molecule has 0 aliphatic heterocycles. The number of esters is 1. The maximum atomic E-state index is 10.9. The van der Waals surface area contributed by atoms with Crippen LogP contribution in [0.3, 0.4) is 0 Å². The van der Waals surface area contributed by atoms with E-state index in [0.717, 1.165) is 11.4 Å². The number of methoxy groups -OCH3 is 1. The van der Waals surface area contributed by atoms with Crippen molar-refractivity contribution in [2.75, 3.05) is 13.7 Å². The Morgan fingerprint density at radius 1 is 1.33 bits per heavy atom. The lowest BCUT2D eigenvalue weighted by Crippen LogP contribution is -2.23. The van der Waals surface area contributed by atoms with Gasteiger partial charge < -0.3 is 10.1 Å². The van der Waals surface area contributed by atoms with Crippen LogP contribution in [0.5, 0.6) is 0 Å². The van der Waals surface area contributed by atoms with Crippen molar-refractivity contribution in [2.24, 2.45) is 0 Å². The van der Waals surface area contributed by atoms with Crippen LogP contribution >= 0.6 is 0 Å². The molecule has 5 heteroatoms. The average molecular weight is 245 g/mol. The van der Waals surface area contributed by atoms with Gasteiger partial charge in [-0.25, -0.2) is 4.68 Å². The molecule has 0 saturated carbocycles. The second kappa shape index (κ2) is 5.97. The Morgan fingerprint density at radius 3 is 2.83 bits per heavy atom. The first-order valence-corrected chi connectivity index (χ1v) is 5.67. The SMILES string of the molecule is COC(=O)CNCc1ccn(-c2ccccc2)n1. The molecule has 0 radical (unpaired) electrons. The maximum absolute atomic E-state index is 10.9. The average Bonchev–Trinajstić information content (AvgIpc) is 2.88. The molecular weight excluding hydrogens is 230 g/mol. The molecule has 1 aromatic carbocycles. The first kappa shape index (κ1) is 12.3. The van der Waals surface area contributed by atoms with Crippen molar-refractivity contribution in [1.29, 1.82) is 0 Å². The highest BCUT2D eigenvalue weighted by Crippen LogP contribution is 2.06. The molecule has 2 rings (SSSR count). The largest absolute Gasteiger partial charge is 0.468 e. The van der Waals surface area contributed by atoms with E-state index in [0.29, 0.717) is 6.54 Å². The van der Waals surface area contributed by atoms with Gasteiger partial charge >= 0.3 is 5.97 Å². The van der Waals surface area contributed by atoms with E-state index in [-0.39, 0.29) is 12.5 Å². The summed E-state index contributed by atoms with van der Waals surface area (Å²) in [5.41, 5.74) is 1.89. The number of para-hydroxylation sites is 1. The van der Waals surface area contributed by atoms with Crippen molar-refractivity contribution in [1.82, 2.24) is 15.1 Å². The zero-order chi connectivity index (χ0) is 12.8. The van der Waals surface area contributed by atoms with Gasteiger partial charge in [-0.1, -0.05) is 18.2 Å². The number of hydrogen-bond acceptors (Lipinski definition) is 4. The summed E-state index contributed by atoms with van der Waals surface area (Å²) in [7, 11) is 1.37. The molecule has 1 heterocycles. The van der Waals surface area contributed by atoms with Crippen LogP contribution in [-0.4, -0.2) is 29.4 Å². The molecule has 2 aromatic rings. The molecule has 0 aliphatic rings. The van der Waals surface area contributed by atoms with Crippen LogP contribution in [0.2, 0.25) is 0 Å². The standard InChI is InChI=1S/C13H15N3O2/c1-18-13(17)10-14-9-11-7-8-16(15-11)12-5-3-2-4-6-12/h2-8,14H,9-10H2,1H3. The van der Waals surface area contributed by atoms with Gasteiger partial charge in [0.1, 0.15) is 0 Å². The van der Waals surface area contributed by atoms with Crippen molar-refractivity contribution >= 4 is 5.97 Å². The number of benzene rings is 1. The third-order valence-electron chi connectivity index (χ3n) is 2.47. The highest BCUT2D eigenvalue weighted by atomic mass is 16.5. The molecule has 5 nitrogen and oxygen atoms in total. The number of nitrogens with one attached hydrogen (secondary N) is 1. The van der Waals surface area contributed by atoms with Gasteiger partial charge in [0.25, 0.3) is 0 Å². The first-order chi connectivity index (χ1) is 8.79. The van der Waals surface area contributed by atoms with E-state index in [1.165, 1.54) is 7.11 Å². The van der Waals surface area contributed by atoms with E-state index in [4.69, 9.17) is 0 Å². The highest BCUT2D eigenvalue weighted by molar-refractivity contribution is 5.71. The van der Waals surface area contributed by atoms with Gasteiger partial charge in [0.05, 0.1) is 25.0 Å². The molecule has 18 heavy (non-hydrogen) atoms. The van der Waals surface area contributed by atoms with Crippen molar-refractivity contribution in [3.8, 4) is 5.69 Å². The van der Waals surface area contributed by atoms with Gasteiger partial charge in [0.15, 0.2) is 0 Å². The molecule has 1 aromatic heterocycles. The van der Waals surface area contributed by atoms with Crippen LogP contribution in [0.25, 0.3) is 5.69 Å². The summed E-state index contributed by atoms with van der Waals surface area (Å²) in [5, 5.41) is 7.37. The number of nitrogens with zero attached hydrogens (tertiary/aromatic N) is 2. The van der Waals surface area contributed by atoms with Gasteiger partial charge in [-0.3, -0.25) is 4.79 Å². The third-order valence-corrected chi connectivity index (χ3v) is 2.47. The van der Waals surface area contributed by atoms with E-state index >= 15 is 0 Å². The summed E-state index contributed by atoms with van der Waals surface area (Å²) in [6, 6.07) is 11.8. The van der Waals surface area contributed by atoms with E-state index < -0.39 is 0 Å². The van der Waals surface area contributed by atoms with Crippen LogP contribution in [-0.2, 0) is 16.1 Å². The van der Waals surface area contributed by atoms with Crippen molar-refractivity contribution in [2.45, 2.75) is 6.54 Å². The molecular formula is C13H15N3O2. The number of ether oxygens (including phenoxy) is 1. The Kier molecular flexibility index (Phi) is 4.09. The Bertz CT molecular complexity index is 508. The van der Waals surface area contributed by atoms with Gasteiger partial charge in [0, 0.05) is 12.7 Å². The molecule has 0 fully saturated rings.